The predicted octanol–water partition coefficient (Wildman–Crippen LogP) is 3.22. The Hall–Kier alpha value is -0.790. The zero-order valence-electron chi connectivity index (χ0n) is 7.97. The second kappa shape index (κ2) is 3.95. The van der Waals surface area contributed by atoms with Crippen molar-refractivity contribution in [3.8, 4) is 0 Å². The predicted molar refractivity (Wildman–Crippen MR) is 57.9 cm³/mol. The van der Waals surface area contributed by atoms with Gasteiger partial charge in [-0.3, -0.25) is 0 Å². The van der Waals surface area contributed by atoms with Gasteiger partial charge in [0.2, 0.25) is 0 Å². The molecule has 0 fully saturated rings. The highest BCUT2D eigenvalue weighted by Gasteiger charge is 2.10. The zero-order valence-corrected chi connectivity index (χ0v) is 8.73. The summed E-state index contributed by atoms with van der Waals surface area (Å²) in [6.45, 7) is 7.73. The number of nitrogens with two attached hydrogens (primary N) is 1. The Labute approximate surface area is 84.2 Å². The van der Waals surface area contributed by atoms with Gasteiger partial charge in [0, 0.05) is 5.02 Å². The lowest BCUT2D eigenvalue weighted by Gasteiger charge is -2.15. The summed E-state index contributed by atoms with van der Waals surface area (Å²) in [6.07, 6.45) is 0. The van der Waals surface area contributed by atoms with Gasteiger partial charge in [-0.15, -0.1) is 0 Å². The maximum absolute atomic E-state index is 5.98. The molecule has 0 aromatic heterocycles. The van der Waals surface area contributed by atoms with Crippen LogP contribution in [-0.4, -0.2) is 0 Å². The van der Waals surface area contributed by atoms with Gasteiger partial charge in [0.05, 0.1) is 6.04 Å². The van der Waals surface area contributed by atoms with Crippen LogP contribution in [0.2, 0.25) is 5.02 Å². The van der Waals surface area contributed by atoms with Crippen LogP contribution >= 0.6 is 11.6 Å². The summed E-state index contributed by atoms with van der Waals surface area (Å²) in [7, 11) is 0. The molecule has 70 valence electrons. The number of rotatable bonds is 2. The van der Waals surface area contributed by atoms with Crippen LogP contribution in [0.25, 0.3) is 0 Å². The van der Waals surface area contributed by atoms with E-state index in [-0.39, 0.29) is 6.04 Å². The lowest BCUT2D eigenvalue weighted by molar-refractivity contribution is 0.842. The molecule has 0 bridgehead atoms. The highest BCUT2D eigenvalue weighted by atomic mass is 35.5. The van der Waals surface area contributed by atoms with Crippen molar-refractivity contribution in [2.45, 2.75) is 19.9 Å². The molecule has 1 aromatic rings. The molecular formula is C11H14ClN. The van der Waals surface area contributed by atoms with Crippen molar-refractivity contribution in [2.75, 3.05) is 0 Å². The van der Waals surface area contributed by atoms with Crippen LogP contribution in [-0.2, 0) is 0 Å². The molecule has 0 saturated heterocycles. The molecule has 2 N–H and O–H groups in total. The summed E-state index contributed by atoms with van der Waals surface area (Å²) in [5, 5.41) is 0.759. The molecule has 0 spiro atoms. The zero-order chi connectivity index (χ0) is 10.0. The average molecular weight is 196 g/mol. The fourth-order valence-electron chi connectivity index (χ4n) is 1.23. The van der Waals surface area contributed by atoms with E-state index in [2.05, 4.69) is 6.58 Å². The van der Waals surface area contributed by atoms with Crippen molar-refractivity contribution in [2.24, 2.45) is 5.73 Å². The first-order valence-corrected chi connectivity index (χ1v) is 4.58. The first kappa shape index (κ1) is 10.3. The molecule has 0 amide bonds. The van der Waals surface area contributed by atoms with Crippen LogP contribution in [0.5, 0.6) is 0 Å². The van der Waals surface area contributed by atoms with E-state index < -0.39 is 0 Å². The smallest absolute Gasteiger partial charge is 0.0508 e. The molecule has 0 radical (unpaired) electrons. The summed E-state index contributed by atoms with van der Waals surface area (Å²) >= 11 is 5.98. The van der Waals surface area contributed by atoms with Gasteiger partial charge < -0.3 is 5.73 Å². The van der Waals surface area contributed by atoms with Crippen molar-refractivity contribution in [1.82, 2.24) is 0 Å². The average Bonchev–Trinajstić information content (AvgIpc) is 2.08. The summed E-state index contributed by atoms with van der Waals surface area (Å²) in [5.74, 6) is 0. The van der Waals surface area contributed by atoms with E-state index in [0.717, 1.165) is 21.7 Å². The molecular weight excluding hydrogens is 182 g/mol. The van der Waals surface area contributed by atoms with E-state index in [1.807, 2.05) is 32.0 Å². The summed E-state index contributed by atoms with van der Waals surface area (Å²) in [5.41, 5.74) is 9.00. The van der Waals surface area contributed by atoms with E-state index in [4.69, 9.17) is 17.3 Å². The van der Waals surface area contributed by atoms with Gasteiger partial charge in [-0.25, -0.2) is 0 Å². The van der Waals surface area contributed by atoms with Crippen LogP contribution in [0, 0.1) is 6.92 Å². The van der Waals surface area contributed by atoms with Gasteiger partial charge in [-0.1, -0.05) is 35.9 Å². The Morgan fingerprint density at radius 1 is 1.54 bits per heavy atom. The van der Waals surface area contributed by atoms with E-state index in [9.17, 15) is 0 Å². The largest absolute Gasteiger partial charge is 0.321 e. The lowest BCUT2D eigenvalue weighted by Crippen LogP contribution is -2.12. The molecule has 0 aliphatic heterocycles. The SMILES string of the molecule is C=C(C)C(N)c1cccc(Cl)c1C. The van der Waals surface area contributed by atoms with Gasteiger partial charge in [-0.05, 0) is 31.0 Å². The third-order valence-corrected chi connectivity index (χ3v) is 2.59. The second-order valence-electron chi connectivity index (χ2n) is 3.28. The Kier molecular flexibility index (Phi) is 3.12. The minimum atomic E-state index is -0.112. The van der Waals surface area contributed by atoms with Crippen molar-refractivity contribution >= 4 is 11.6 Å². The van der Waals surface area contributed by atoms with Crippen molar-refractivity contribution in [1.29, 1.82) is 0 Å². The monoisotopic (exact) mass is 195 g/mol. The van der Waals surface area contributed by atoms with Crippen LogP contribution in [0.4, 0.5) is 0 Å². The van der Waals surface area contributed by atoms with Gasteiger partial charge in [-0.2, -0.15) is 0 Å². The van der Waals surface area contributed by atoms with E-state index >= 15 is 0 Å². The minimum Gasteiger partial charge on any atom is -0.321 e. The molecule has 1 aromatic carbocycles. The Bertz CT molecular complexity index is 331. The molecule has 0 heterocycles. The third-order valence-electron chi connectivity index (χ3n) is 2.18. The van der Waals surface area contributed by atoms with Gasteiger partial charge in [0.25, 0.3) is 0 Å². The molecule has 13 heavy (non-hydrogen) atoms. The summed E-state index contributed by atoms with van der Waals surface area (Å²) in [6, 6.07) is 5.65. The van der Waals surface area contributed by atoms with Crippen molar-refractivity contribution in [3.05, 3.63) is 46.5 Å². The van der Waals surface area contributed by atoms with Crippen LogP contribution in [0.15, 0.2) is 30.4 Å². The molecule has 0 saturated carbocycles. The van der Waals surface area contributed by atoms with E-state index in [1.165, 1.54) is 0 Å². The normalized spacial score (nSPS) is 12.6. The van der Waals surface area contributed by atoms with Gasteiger partial charge in [0.15, 0.2) is 0 Å². The maximum Gasteiger partial charge on any atom is 0.0508 e. The number of halogens is 1. The molecule has 1 atom stereocenters. The van der Waals surface area contributed by atoms with Crippen molar-refractivity contribution in [3.63, 3.8) is 0 Å². The fourth-order valence-corrected chi connectivity index (χ4v) is 1.41. The van der Waals surface area contributed by atoms with Crippen molar-refractivity contribution < 1.29 is 0 Å². The van der Waals surface area contributed by atoms with Gasteiger partial charge in [0.1, 0.15) is 0 Å². The molecule has 0 aliphatic rings. The molecule has 1 nitrogen and oxygen atoms in total. The Morgan fingerprint density at radius 3 is 2.69 bits per heavy atom. The maximum atomic E-state index is 5.98. The van der Waals surface area contributed by atoms with Crippen LogP contribution in [0.3, 0.4) is 0 Å². The van der Waals surface area contributed by atoms with E-state index in [1.54, 1.807) is 0 Å². The number of hydrogen-bond acceptors (Lipinski definition) is 1. The van der Waals surface area contributed by atoms with Crippen LogP contribution in [0.1, 0.15) is 24.1 Å². The van der Waals surface area contributed by atoms with Gasteiger partial charge >= 0.3 is 0 Å². The summed E-state index contributed by atoms with van der Waals surface area (Å²) in [4.78, 5) is 0. The highest BCUT2D eigenvalue weighted by molar-refractivity contribution is 6.31. The quantitative estimate of drug-likeness (QED) is 0.721. The Morgan fingerprint density at radius 2 is 2.15 bits per heavy atom. The number of hydrogen-bond donors (Lipinski definition) is 1. The third kappa shape index (κ3) is 2.11. The summed E-state index contributed by atoms with van der Waals surface area (Å²) < 4.78 is 0. The van der Waals surface area contributed by atoms with E-state index in [0.29, 0.717) is 0 Å². The molecule has 0 aliphatic carbocycles. The second-order valence-corrected chi connectivity index (χ2v) is 3.69. The first-order chi connectivity index (χ1) is 6.04. The van der Waals surface area contributed by atoms with Crippen LogP contribution < -0.4 is 5.73 Å². The molecule has 2 heteroatoms. The minimum absolute atomic E-state index is 0.112. The highest BCUT2D eigenvalue weighted by Crippen LogP contribution is 2.25. The molecule has 1 unspecified atom stereocenters. The fraction of sp³-hybridized carbons (Fsp3) is 0.273. The first-order valence-electron chi connectivity index (χ1n) is 4.20. The molecule has 1 rings (SSSR count). The standard InChI is InChI=1S/C11H14ClN/c1-7(2)11(13)9-5-4-6-10(12)8(9)3/h4-6,11H,1,13H2,2-3H3. The topological polar surface area (TPSA) is 26.0 Å². The Balaban J connectivity index is 3.15. The lowest BCUT2D eigenvalue weighted by atomic mass is 9.97. The number of benzene rings is 1.